The molecule has 3 rings (SSSR count). The molecular weight excluding hydrogens is 320 g/mol. The lowest BCUT2D eigenvalue weighted by Gasteiger charge is -2.10. The Morgan fingerprint density at radius 1 is 1.04 bits per heavy atom. The first-order valence-corrected chi connectivity index (χ1v) is 7.52. The van der Waals surface area contributed by atoms with Crippen molar-refractivity contribution in [3.8, 4) is 11.4 Å². The van der Waals surface area contributed by atoms with Gasteiger partial charge in [0.15, 0.2) is 0 Å². The third kappa shape index (κ3) is 3.84. The van der Waals surface area contributed by atoms with Gasteiger partial charge in [0, 0.05) is 23.8 Å². The van der Waals surface area contributed by atoms with Crippen LogP contribution in [0.2, 0.25) is 0 Å². The zero-order valence-corrected chi connectivity index (χ0v) is 13.5. The average Bonchev–Trinajstić information content (AvgIpc) is 2.64. The van der Waals surface area contributed by atoms with E-state index in [1.807, 2.05) is 6.07 Å². The van der Waals surface area contributed by atoms with Gasteiger partial charge in [-0.3, -0.25) is 14.7 Å². The molecule has 0 spiro atoms. The molecule has 2 amide bonds. The summed E-state index contributed by atoms with van der Waals surface area (Å²) in [6.45, 7) is 0. The molecule has 7 heteroatoms. The van der Waals surface area contributed by atoms with Gasteiger partial charge in [0.05, 0.1) is 7.11 Å². The second-order valence-electron chi connectivity index (χ2n) is 5.09. The highest BCUT2D eigenvalue weighted by atomic mass is 16.5. The number of carbonyl (C=O) groups is 1. The van der Waals surface area contributed by atoms with Gasteiger partial charge in [-0.1, -0.05) is 18.2 Å². The summed E-state index contributed by atoms with van der Waals surface area (Å²) in [7, 11) is 1.57. The van der Waals surface area contributed by atoms with Crippen LogP contribution in [0, 0.1) is 0 Å². The van der Waals surface area contributed by atoms with E-state index in [4.69, 9.17) is 4.74 Å². The number of ether oxygens (including phenoxy) is 1. The maximum atomic E-state index is 12.5. The molecule has 0 bridgehead atoms. The van der Waals surface area contributed by atoms with E-state index in [-0.39, 0.29) is 5.82 Å². The normalized spacial score (nSPS) is 10.1. The molecule has 0 saturated heterocycles. The summed E-state index contributed by atoms with van der Waals surface area (Å²) < 4.78 is 6.50. The summed E-state index contributed by atoms with van der Waals surface area (Å²) in [6.07, 6.45) is 2.98. The number of hydrogen-bond donors (Lipinski definition) is 2. The number of amides is 2. The Kier molecular flexibility index (Phi) is 4.75. The summed E-state index contributed by atoms with van der Waals surface area (Å²) in [5, 5.41) is 5.11. The molecule has 3 aromatic rings. The van der Waals surface area contributed by atoms with E-state index in [1.165, 1.54) is 17.0 Å². The quantitative estimate of drug-likeness (QED) is 0.767. The number of para-hydroxylation sites is 1. The number of methoxy groups -OCH3 is 1. The molecule has 0 unspecified atom stereocenters. The average molecular weight is 336 g/mol. The Hall–Kier alpha value is -3.61. The van der Waals surface area contributed by atoms with Gasteiger partial charge in [0.25, 0.3) is 5.56 Å². The van der Waals surface area contributed by atoms with Gasteiger partial charge < -0.3 is 10.1 Å². The second kappa shape index (κ2) is 7.31. The van der Waals surface area contributed by atoms with Crippen molar-refractivity contribution in [1.82, 2.24) is 9.55 Å². The molecule has 0 atom stereocenters. The molecule has 0 aliphatic carbocycles. The fraction of sp³-hybridized carbons (Fsp3) is 0.0556. The van der Waals surface area contributed by atoms with Gasteiger partial charge in [-0.25, -0.2) is 9.78 Å². The minimum atomic E-state index is -0.539. The first-order chi connectivity index (χ1) is 12.2. The van der Waals surface area contributed by atoms with Crippen molar-refractivity contribution >= 4 is 17.5 Å². The predicted molar refractivity (Wildman–Crippen MR) is 95.5 cm³/mol. The van der Waals surface area contributed by atoms with E-state index in [1.54, 1.807) is 55.6 Å². The molecule has 2 N–H and O–H groups in total. The topological polar surface area (TPSA) is 85.2 Å². The summed E-state index contributed by atoms with van der Waals surface area (Å²) in [4.78, 5) is 28.5. The molecule has 1 aromatic heterocycles. The molecular formula is C18H16N4O3. The molecule has 7 nitrogen and oxygen atoms in total. The Morgan fingerprint density at radius 2 is 1.76 bits per heavy atom. The number of anilines is 2. The summed E-state index contributed by atoms with van der Waals surface area (Å²) in [5.41, 5.74) is 0.821. The van der Waals surface area contributed by atoms with Crippen molar-refractivity contribution in [1.29, 1.82) is 0 Å². The standard InChI is InChI=1S/C18H16N4O3/c1-25-15-9-7-14(8-10-15)22-12-11-19-16(17(22)23)21-18(24)20-13-5-3-2-4-6-13/h2-12H,1H3,(H2,19,20,21,24). The van der Waals surface area contributed by atoms with E-state index in [0.717, 1.165) is 0 Å². The largest absolute Gasteiger partial charge is 0.497 e. The lowest BCUT2D eigenvalue weighted by molar-refractivity contribution is 0.262. The number of nitrogens with one attached hydrogen (secondary N) is 2. The molecule has 0 fully saturated rings. The summed E-state index contributed by atoms with van der Waals surface area (Å²) in [5.74, 6) is 0.623. The first-order valence-electron chi connectivity index (χ1n) is 7.52. The van der Waals surface area contributed by atoms with Crippen LogP contribution >= 0.6 is 0 Å². The van der Waals surface area contributed by atoms with Gasteiger partial charge in [-0.15, -0.1) is 0 Å². The van der Waals surface area contributed by atoms with Crippen LogP contribution in [0.3, 0.4) is 0 Å². The number of urea groups is 1. The Bertz CT molecular complexity index is 921. The molecule has 2 aromatic carbocycles. The van der Waals surface area contributed by atoms with Crippen LogP contribution in [0.15, 0.2) is 71.8 Å². The Morgan fingerprint density at radius 3 is 2.44 bits per heavy atom. The van der Waals surface area contributed by atoms with E-state index in [9.17, 15) is 9.59 Å². The van der Waals surface area contributed by atoms with Crippen molar-refractivity contribution in [3.05, 3.63) is 77.3 Å². The minimum Gasteiger partial charge on any atom is -0.497 e. The molecule has 0 radical (unpaired) electrons. The molecule has 126 valence electrons. The molecule has 0 aliphatic heterocycles. The number of rotatable bonds is 4. The van der Waals surface area contributed by atoms with E-state index in [0.29, 0.717) is 17.1 Å². The van der Waals surface area contributed by atoms with Crippen LogP contribution in [-0.4, -0.2) is 22.7 Å². The van der Waals surface area contributed by atoms with Crippen LogP contribution < -0.4 is 20.9 Å². The van der Waals surface area contributed by atoms with Gasteiger partial charge in [0.2, 0.25) is 5.82 Å². The third-order valence-corrected chi connectivity index (χ3v) is 3.45. The SMILES string of the molecule is COc1ccc(-n2ccnc(NC(=O)Nc3ccccc3)c2=O)cc1. The Labute approximate surface area is 143 Å². The van der Waals surface area contributed by atoms with Crippen LogP contribution in [-0.2, 0) is 0 Å². The van der Waals surface area contributed by atoms with Crippen LogP contribution in [0.1, 0.15) is 0 Å². The highest BCUT2D eigenvalue weighted by Gasteiger charge is 2.10. The zero-order chi connectivity index (χ0) is 17.6. The van der Waals surface area contributed by atoms with Crippen molar-refractivity contribution in [2.24, 2.45) is 0 Å². The van der Waals surface area contributed by atoms with Gasteiger partial charge in [-0.05, 0) is 36.4 Å². The smallest absolute Gasteiger partial charge is 0.325 e. The number of benzene rings is 2. The van der Waals surface area contributed by atoms with Crippen molar-refractivity contribution < 1.29 is 9.53 Å². The highest BCUT2D eigenvalue weighted by Crippen LogP contribution is 2.14. The lowest BCUT2D eigenvalue weighted by atomic mass is 10.3. The fourth-order valence-corrected chi connectivity index (χ4v) is 2.23. The maximum Gasteiger partial charge on any atom is 0.325 e. The lowest BCUT2D eigenvalue weighted by Crippen LogP contribution is -2.28. The first kappa shape index (κ1) is 16.3. The number of aromatic nitrogens is 2. The van der Waals surface area contributed by atoms with Crippen LogP contribution in [0.25, 0.3) is 5.69 Å². The van der Waals surface area contributed by atoms with E-state index < -0.39 is 11.6 Å². The fourth-order valence-electron chi connectivity index (χ4n) is 2.23. The van der Waals surface area contributed by atoms with Gasteiger partial charge in [0.1, 0.15) is 5.75 Å². The van der Waals surface area contributed by atoms with Crippen molar-refractivity contribution in [2.75, 3.05) is 17.7 Å². The zero-order valence-electron chi connectivity index (χ0n) is 13.5. The minimum absolute atomic E-state index is 0.0632. The molecule has 25 heavy (non-hydrogen) atoms. The second-order valence-corrected chi connectivity index (χ2v) is 5.09. The monoisotopic (exact) mass is 336 g/mol. The van der Waals surface area contributed by atoms with Gasteiger partial charge in [-0.2, -0.15) is 0 Å². The summed E-state index contributed by atoms with van der Waals surface area (Å²) in [6, 6.07) is 15.4. The van der Waals surface area contributed by atoms with Crippen LogP contribution in [0.5, 0.6) is 5.75 Å². The van der Waals surface area contributed by atoms with Crippen molar-refractivity contribution in [3.63, 3.8) is 0 Å². The Balaban J connectivity index is 1.81. The molecule has 0 saturated carbocycles. The molecule has 1 heterocycles. The number of hydrogen-bond acceptors (Lipinski definition) is 4. The van der Waals surface area contributed by atoms with E-state index >= 15 is 0 Å². The third-order valence-electron chi connectivity index (χ3n) is 3.45. The van der Waals surface area contributed by atoms with Crippen LogP contribution in [0.4, 0.5) is 16.3 Å². The predicted octanol–water partition coefficient (Wildman–Crippen LogP) is 2.89. The van der Waals surface area contributed by atoms with Crippen molar-refractivity contribution in [2.45, 2.75) is 0 Å². The highest BCUT2D eigenvalue weighted by molar-refractivity contribution is 5.98. The maximum absolute atomic E-state index is 12.5. The number of nitrogens with zero attached hydrogens (tertiary/aromatic N) is 2. The van der Waals surface area contributed by atoms with Gasteiger partial charge >= 0.3 is 6.03 Å². The van der Waals surface area contributed by atoms with E-state index in [2.05, 4.69) is 15.6 Å². The summed E-state index contributed by atoms with van der Waals surface area (Å²) >= 11 is 0. The molecule has 0 aliphatic rings. The number of carbonyl (C=O) groups excluding carboxylic acids is 1.